The normalized spacial score (nSPS) is 16.7. The summed E-state index contributed by atoms with van der Waals surface area (Å²) >= 11 is 9.37. The molecule has 1 aliphatic rings. The van der Waals surface area contributed by atoms with Gasteiger partial charge in [0.2, 0.25) is 0 Å². The molecule has 1 atom stereocenters. The van der Waals surface area contributed by atoms with Gasteiger partial charge in [0.15, 0.2) is 6.10 Å². The van der Waals surface area contributed by atoms with E-state index < -0.39 is 16.1 Å². The monoisotopic (exact) mass is 472 g/mol. The van der Waals surface area contributed by atoms with E-state index in [1.54, 1.807) is 31.3 Å². The fourth-order valence-corrected chi connectivity index (χ4v) is 5.03. The van der Waals surface area contributed by atoms with E-state index in [1.165, 1.54) is 11.0 Å². The quantitative estimate of drug-likeness (QED) is 0.716. The SMILES string of the molecule is CCC1Oc2cc(S(=O)(=O)Nc3ccc(C)c(Cl)c3)c(Br)cc2N(C)C1=O. The van der Waals surface area contributed by atoms with Gasteiger partial charge in [0.1, 0.15) is 10.6 Å². The van der Waals surface area contributed by atoms with Gasteiger partial charge in [-0.3, -0.25) is 9.52 Å². The zero-order valence-corrected chi connectivity index (χ0v) is 18.1. The largest absolute Gasteiger partial charge is 0.478 e. The van der Waals surface area contributed by atoms with E-state index in [-0.39, 0.29) is 10.8 Å². The van der Waals surface area contributed by atoms with Crippen LogP contribution in [0.1, 0.15) is 18.9 Å². The van der Waals surface area contributed by atoms with E-state index in [9.17, 15) is 13.2 Å². The number of anilines is 2. The molecular formula is C18H18BrClN2O4S. The minimum Gasteiger partial charge on any atom is -0.478 e. The number of aryl methyl sites for hydroxylation is 1. The molecule has 1 unspecified atom stereocenters. The number of carbonyl (C=O) groups excluding carboxylic acids is 1. The Morgan fingerprint density at radius 1 is 1.30 bits per heavy atom. The summed E-state index contributed by atoms with van der Waals surface area (Å²) in [6.45, 7) is 3.67. The lowest BCUT2D eigenvalue weighted by Gasteiger charge is -2.32. The summed E-state index contributed by atoms with van der Waals surface area (Å²) in [4.78, 5) is 13.7. The number of halogens is 2. The lowest BCUT2D eigenvalue weighted by atomic mass is 10.1. The van der Waals surface area contributed by atoms with E-state index in [0.717, 1.165) is 5.56 Å². The number of hydrogen-bond donors (Lipinski definition) is 1. The highest BCUT2D eigenvalue weighted by molar-refractivity contribution is 9.10. The maximum Gasteiger partial charge on any atom is 0.267 e. The predicted molar refractivity (Wildman–Crippen MR) is 109 cm³/mol. The molecule has 1 heterocycles. The van der Waals surface area contributed by atoms with Crippen LogP contribution in [0.2, 0.25) is 5.02 Å². The summed E-state index contributed by atoms with van der Waals surface area (Å²) in [5.41, 5.74) is 1.71. The van der Waals surface area contributed by atoms with E-state index in [1.807, 2.05) is 13.8 Å². The van der Waals surface area contributed by atoms with Crippen LogP contribution in [0.3, 0.4) is 0 Å². The van der Waals surface area contributed by atoms with Gasteiger partial charge in [-0.05, 0) is 53.0 Å². The Balaban J connectivity index is 2.01. The molecule has 0 saturated carbocycles. The molecule has 0 bridgehead atoms. The van der Waals surface area contributed by atoms with Gasteiger partial charge < -0.3 is 9.64 Å². The summed E-state index contributed by atoms with van der Waals surface area (Å²) in [6.07, 6.45) is -0.149. The van der Waals surface area contributed by atoms with Gasteiger partial charge in [0.25, 0.3) is 15.9 Å². The number of carbonyl (C=O) groups is 1. The standard InChI is InChI=1S/C18H18BrClN2O4S/c1-4-15-18(23)22(3)14-8-12(19)17(9-16(14)26-15)27(24,25)21-11-6-5-10(2)13(20)7-11/h5-9,15,21H,4H2,1-3H3. The second-order valence-electron chi connectivity index (χ2n) is 6.23. The molecule has 0 aliphatic carbocycles. The number of rotatable bonds is 4. The van der Waals surface area contributed by atoms with Crippen molar-refractivity contribution in [3.8, 4) is 5.75 Å². The van der Waals surface area contributed by atoms with Gasteiger partial charge in [0, 0.05) is 22.6 Å². The molecular weight excluding hydrogens is 456 g/mol. The van der Waals surface area contributed by atoms with E-state index in [0.29, 0.717) is 33.0 Å². The highest BCUT2D eigenvalue weighted by Gasteiger charge is 2.33. The van der Waals surface area contributed by atoms with Crippen molar-refractivity contribution in [1.82, 2.24) is 0 Å². The van der Waals surface area contributed by atoms with Gasteiger partial charge in [0.05, 0.1) is 11.4 Å². The fourth-order valence-electron chi connectivity index (χ4n) is 2.75. The Hall–Kier alpha value is -1.77. The van der Waals surface area contributed by atoms with Crippen molar-refractivity contribution < 1.29 is 17.9 Å². The number of benzene rings is 2. The molecule has 1 amide bonds. The summed E-state index contributed by atoms with van der Waals surface area (Å²) in [6, 6.07) is 7.91. The molecule has 9 heteroatoms. The Labute approximate surface area is 171 Å². The molecule has 0 fully saturated rings. The smallest absolute Gasteiger partial charge is 0.267 e. The van der Waals surface area contributed by atoms with Crippen molar-refractivity contribution in [3.63, 3.8) is 0 Å². The van der Waals surface area contributed by atoms with E-state index in [2.05, 4.69) is 20.7 Å². The van der Waals surface area contributed by atoms with E-state index in [4.69, 9.17) is 16.3 Å². The first-order chi connectivity index (χ1) is 12.6. The van der Waals surface area contributed by atoms with Crippen molar-refractivity contribution >= 4 is 54.8 Å². The lowest BCUT2D eigenvalue weighted by molar-refractivity contribution is -0.126. The first-order valence-electron chi connectivity index (χ1n) is 8.20. The number of ether oxygens (including phenoxy) is 1. The fraction of sp³-hybridized carbons (Fsp3) is 0.278. The van der Waals surface area contributed by atoms with Gasteiger partial charge in [-0.25, -0.2) is 8.42 Å². The Morgan fingerprint density at radius 3 is 2.63 bits per heavy atom. The van der Waals surface area contributed by atoms with Crippen LogP contribution in [0.25, 0.3) is 0 Å². The van der Waals surface area contributed by atoms with Crippen molar-refractivity contribution in [3.05, 3.63) is 45.4 Å². The van der Waals surface area contributed by atoms with E-state index >= 15 is 0 Å². The highest BCUT2D eigenvalue weighted by atomic mass is 79.9. The average Bonchev–Trinajstić information content (AvgIpc) is 2.61. The summed E-state index contributed by atoms with van der Waals surface area (Å²) in [5, 5.41) is 0.467. The van der Waals surface area contributed by atoms with Crippen LogP contribution >= 0.6 is 27.5 Å². The zero-order chi connectivity index (χ0) is 19.9. The summed E-state index contributed by atoms with van der Waals surface area (Å²) < 4.78 is 34.3. The third-order valence-corrected chi connectivity index (χ3v) is 7.08. The predicted octanol–water partition coefficient (Wildman–Crippen LogP) is 4.35. The highest BCUT2D eigenvalue weighted by Crippen LogP contribution is 2.40. The molecule has 1 aliphatic heterocycles. The molecule has 2 aromatic rings. The van der Waals surface area contributed by atoms with Crippen LogP contribution < -0.4 is 14.4 Å². The third-order valence-electron chi connectivity index (χ3n) is 4.33. The van der Waals surface area contributed by atoms with Crippen molar-refractivity contribution in [1.29, 1.82) is 0 Å². The molecule has 27 heavy (non-hydrogen) atoms. The van der Waals surface area contributed by atoms with Crippen LogP contribution in [-0.4, -0.2) is 27.5 Å². The van der Waals surface area contributed by atoms with Crippen LogP contribution in [0.5, 0.6) is 5.75 Å². The number of hydrogen-bond acceptors (Lipinski definition) is 4. The topological polar surface area (TPSA) is 75.7 Å². The Kier molecular flexibility index (Phi) is 5.42. The van der Waals surface area contributed by atoms with Crippen LogP contribution in [0.4, 0.5) is 11.4 Å². The number of nitrogens with one attached hydrogen (secondary N) is 1. The number of nitrogens with zero attached hydrogens (tertiary/aromatic N) is 1. The molecule has 0 spiro atoms. The number of sulfonamides is 1. The molecule has 6 nitrogen and oxygen atoms in total. The first kappa shape index (κ1) is 20.0. The minimum absolute atomic E-state index is 0.00977. The van der Waals surface area contributed by atoms with Crippen molar-refractivity contribution in [2.24, 2.45) is 0 Å². The molecule has 2 aromatic carbocycles. The van der Waals surface area contributed by atoms with Gasteiger partial charge in [-0.2, -0.15) is 0 Å². The number of amides is 1. The third kappa shape index (κ3) is 3.79. The molecule has 144 valence electrons. The second kappa shape index (κ2) is 7.33. The number of likely N-dealkylation sites (N-methyl/N-ethyl adjacent to an activating group) is 1. The first-order valence-corrected chi connectivity index (χ1v) is 10.9. The van der Waals surface area contributed by atoms with Crippen LogP contribution in [-0.2, 0) is 14.8 Å². The van der Waals surface area contributed by atoms with Gasteiger partial charge >= 0.3 is 0 Å². The van der Waals surface area contributed by atoms with Gasteiger partial charge in [-0.1, -0.05) is 24.6 Å². The average molecular weight is 474 g/mol. The van der Waals surface area contributed by atoms with Gasteiger partial charge in [-0.15, -0.1) is 0 Å². The second-order valence-corrected chi connectivity index (χ2v) is 9.14. The van der Waals surface area contributed by atoms with Crippen molar-refractivity contribution in [2.75, 3.05) is 16.7 Å². The number of fused-ring (bicyclic) bond motifs is 1. The Morgan fingerprint density at radius 2 is 2.00 bits per heavy atom. The summed E-state index contributed by atoms with van der Waals surface area (Å²) in [7, 11) is -2.26. The maximum absolute atomic E-state index is 12.9. The molecule has 0 aromatic heterocycles. The van der Waals surface area contributed by atoms with Crippen LogP contribution in [0.15, 0.2) is 39.7 Å². The Bertz CT molecular complexity index is 1030. The maximum atomic E-state index is 12.9. The molecule has 1 N–H and O–H groups in total. The minimum atomic E-state index is -3.90. The zero-order valence-electron chi connectivity index (χ0n) is 14.9. The summed E-state index contributed by atoms with van der Waals surface area (Å²) in [5.74, 6) is 0.175. The molecule has 0 radical (unpaired) electrons. The lowest BCUT2D eigenvalue weighted by Crippen LogP contribution is -2.43. The molecule has 0 saturated heterocycles. The van der Waals surface area contributed by atoms with Crippen LogP contribution in [0, 0.1) is 6.92 Å². The van der Waals surface area contributed by atoms with Crippen molar-refractivity contribution in [2.45, 2.75) is 31.3 Å². The molecule has 3 rings (SSSR count).